The minimum absolute atomic E-state index is 0.246. The van der Waals surface area contributed by atoms with Crippen LogP contribution in [0.4, 0.5) is 10.5 Å². The highest BCUT2D eigenvalue weighted by molar-refractivity contribution is 9.10. The van der Waals surface area contributed by atoms with Gasteiger partial charge in [0, 0.05) is 35.7 Å². The number of nitrogens with one attached hydrogen (secondary N) is 1. The lowest BCUT2D eigenvalue weighted by atomic mass is 10.0. The lowest BCUT2D eigenvalue weighted by Crippen LogP contribution is -2.40. The molecule has 8 heteroatoms. The van der Waals surface area contributed by atoms with Gasteiger partial charge in [0.15, 0.2) is 0 Å². The summed E-state index contributed by atoms with van der Waals surface area (Å²) in [6.07, 6.45) is 0.212. The number of amides is 2. The number of aryl methyl sites for hydroxylation is 2. The summed E-state index contributed by atoms with van der Waals surface area (Å²) in [5, 5.41) is 7.41. The summed E-state index contributed by atoms with van der Waals surface area (Å²) in [5.74, 6) is -0.246. The SMILES string of the molecule is Cc1cc(NC(=O)c2c3c(nn2C)CCN(C(=O)OC(C)(C)C)C3)ccc1Br. The van der Waals surface area contributed by atoms with Crippen molar-refractivity contribution in [1.82, 2.24) is 14.7 Å². The van der Waals surface area contributed by atoms with Crippen LogP contribution in [0.1, 0.15) is 48.1 Å². The molecule has 1 aromatic carbocycles. The van der Waals surface area contributed by atoms with Gasteiger partial charge in [0.1, 0.15) is 11.3 Å². The number of ether oxygens (including phenoxy) is 1. The van der Waals surface area contributed by atoms with Crippen molar-refractivity contribution < 1.29 is 14.3 Å². The first-order chi connectivity index (χ1) is 13.0. The van der Waals surface area contributed by atoms with Crippen LogP contribution in [0, 0.1) is 6.92 Å². The number of aromatic nitrogens is 2. The third-order valence-corrected chi connectivity index (χ3v) is 5.37. The molecule has 0 fully saturated rings. The van der Waals surface area contributed by atoms with Crippen LogP contribution in [-0.2, 0) is 24.8 Å². The fourth-order valence-corrected chi connectivity index (χ4v) is 3.43. The lowest BCUT2D eigenvalue weighted by molar-refractivity contribution is 0.0222. The van der Waals surface area contributed by atoms with Crippen LogP contribution in [-0.4, -0.2) is 38.8 Å². The monoisotopic (exact) mass is 448 g/mol. The van der Waals surface area contributed by atoms with Gasteiger partial charge < -0.3 is 15.0 Å². The number of hydrogen-bond acceptors (Lipinski definition) is 4. The summed E-state index contributed by atoms with van der Waals surface area (Å²) in [6.45, 7) is 8.30. The fraction of sp³-hybridized carbons (Fsp3) is 0.450. The molecule has 1 aromatic heterocycles. The van der Waals surface area contributed by atoms with E-state index in [1.54, 1.807) is 16.6 Å². The van der Waals surface area contributed by atoms with Crippen molar-refractivity contribution in [2.75, 3.05) is 11.9 Å². The van der Waals surface area contributed by atoms with E-state index in [1.165, 1.54) is 0 Å². The van der Waals surface area contributed by atoms with Gasteiger partial charge in [-0.05, 0) is 51.5 Å². The van der Waals surface area contributed by atoms with E-state index in [1.807, 2.05) is 45.9 Å². The molecule has 0 bridgehead atoms. The second kappa shape index (κ2) is 7.58. The molecule has 0 unspecified atom stereocenters. The van der Waals surface area contributed by atoms with Gasteiger partial charge in [0.05, 0.1) is 12.2 Å². The van der Waals surface area contributed by atoms with E-state index >= 15 is 0 Å². The average Bonchev–Trinajstić information content (AvgIpc) is 2.91. The van der Waals surface area contributed by atoms with E-state index in [2.05, 4.69) is 26.3 Å². The third-order valence-electron chi connectivity index (χ3n) is 4.48. The molecule has 1 aliphatic heterocycles. The van der Waals surface area contributed by atoms with Crippen LogP contribution in [0.2, 0.25) is 0 Å². The zero-order valence-corrected chi connectivity index (χ0v) is 18.4. The molecule has 0 spiro atoms. The average molecular weight is 449 g/mol. The largest absolute Gasteiger partial charge is 0.444 e. The number of carbonyl (C=O) groups excluding carboxylic acids is 2. The molecule has 150 valence electrons. The van der Waals surface area contributed by atoms with E-state index in [4.69, 9.17) is 4.74 Å². The van der Waals surface area contributed by atoms with Crippen LogP contribution in [0.25, 0.3) is 0 Å². The number of benzene rings is 1. The smallest absolute Gasteiger partial charge is 0.410 e. The van der Waals surface area contributed by atoms with Crippen LogP contribution in [0.15, 0.2) is 22.7 Å². The molecule has 2 heterocycles. The van der Waals surface area contributed by atoms with Crippen molar-refractivity contribution in [3.63, 3.8) is 0 Å². The molecular weight excluding hydrogens is 424 g/mol. The Bertz CT molecular complexity index is 930. The van der Waals surface area contributed by atoms with Crippen LogP contribution in [0.3, 0.4) is 0 Å². The summed E-state index contributed by atoms with van der Waals surface area (Å²) in [6, 6.07) is 5.64. The normalized spacial score (nSPS) is 13.9. The Hall–Kier alpha value is -2.35. The van der Waals surface area contributed by atoms with Crippen molar-refractivity contribution in [1.29, 1.82) is 0 Å². The maximum atomic E-state index is 13.0. The van der Waals surface area contributed by atoms with E-state index in [0.29, 0.717) is 30.9 Å². The zero-order chi connectivity index (χ0) is 20.6. The zero-order valence-electron chi connectivity index (χ0n) is 16.8. The van der Waals surface area contributed by atoms with Crippen molar-refractivity contribution in [3.05, 3.63) is 45.2 Å². The number of nitrogens with zero attached hydrogens (tertiary/aromatic N) is 3. The van der Waals surface area contributed by atoms with Gasteiger partial charge in [-0.3, -0.25) is 9.48 Å². The van der Waals surface area contributed by atoms with E-state index in [-0.39, 0.29) is 12.0 Å². The van der Waals surface area contributed by atoms with Crippen LogP contribution >= 0.6 is 15.9 Å². The molecule has 0 radical (unpaired) electrons. The third kappa shape index (κ3) is 4.38. The molecule has 1 N–H and O–H groups in total. The molecule has 2 aromatic rings. The maximum Gasteiger partial charge on any atom is 0.410 e. The molecule has 7 nitrogen and oxygen atoms in total. The standard InChI is InChI=1S/C20H25BrN4O3/c1-12-10-13(6-7-15(12)21)22-18(26)17-14-11-25(19(27)28-20(2,3)4)9-8-16(14)23-24(17)5/h6-7,10H,8-9,11H2,1-5H3,(H,22,26). The summed E-state index contributed by atoms with van der Waals surface area (Å²) in [4.78, 5) is 27.0. The van der Waals surface area contributed by atoms with Crippen LogP contribution < -0.4 is 5.32 Å². The Balaban J connectivity index is 1.82. The number of hydrogen-bond donors (Lipinski definition) is 1. The van der Waals surface area contributed by atoms with Gasteiger partial charge in [-0.25, -0.2) is 4.79 Å². The van der Waals surface area contributed by atoms with Crippen molar-refractivity contribution in [3.8, 4) is 0 Å². The van der Waals surface area contributed by atoms with Gasteiger partial charge >= 0.3 is 6.09 Å². The van der Waals surface area contributed by atoms with E-state index < -0.39 is 5.60 Å². The summed E-state index contributed by atoms with van der Waals surface area (Å²) >= 11 is 3.46. The van der Waals surface area contributed by atoms with E-state index in [9.17, 15) is 9.59 Å². The Morgan fingerprint density at radius 2 is 2.00 bits per heavy atom. The first-order valence-electron chi connectivity index (χ1n) is 9.15. The maximum absolute atomic E-state index is 13.0. The van der Waals surface area contributed by atoms with Crippen LogP contribution in [0.5, 0.6) is 0 Å². The highest BCUT2D eigenvalue weighted by Gasteiger charge is 2.31. The summed E-state index contributed by atoms with van der Waals surface area (Å²) in [7, 11) is 1.75. The molecule has 3 rings (SSSR count). The molecule has 0 saturated carbocycles. The highest BCUT2D eigenvalue weighted by Crippen LogP contribution is 2.25. The molecule has 0 aliphatic carbocycles. The topological polar surface area (TPSA) is 76.5 Å². The Kier molecular flexibility index (Phi) is 5.52. The molecule has 0 atom stereocenters. The molecular formula is C20H25BrN4O3. The second-order valence-corrected chi connectivity index (χ2v) is 8.82. The predicted octanol–water partition coefficient (Wildman–Crippen LogP) is 4.04. The Labute approximate surface area is 173 Å². The number of halogens is 1. The number of rotatable bonds is 2. The minimum atomic E-state index is -0.564. The summed E-state index contributed by atoms with van der Waals surface area (Å²) < 4.78 is 8.04. The molecule has 0 saturated heterocycles. The van der Waals surface area contributed by atoms with Crippen molar-refractivity contribution in [2.45, 2.75) is 46.3 Å². The minimum Gasteiger partial charge on any atom is -0.444 e. The Morgan fingerprint density at radius 1 is 1.29 bits per heavy atom. The van der Waals surface area contributed by atoms with Gasteiger partial charge in [-0.1, -0.05) is 15.9 Å². The number of anilines is 1. The first-order valence-corrected chi connectivity index (χ1v) is 9.94. The summed E-state index contributed by atoms with van der Waals surface area (Å²) in [5.41, 5.74) is 3.25. The Morgan fingerprint density at radius 3 is 2.64 bits per heavy atom. The van der Waals surface area contributed by atoms with E-state index in [0.717, 1.165) is 21.3 Å². The van der Waals surface area contributed by atoms with Gasteiger partial charge in [0.25, 0.3) is 5.91 Å². The first kappa shape index (κ1) is 20.4. The molecule has 28 heavy (non-hydrogen) atoms. The van der Waals surface area contributed by atoms with Gasteiger partial charge in [0.2, 0.25) is 0 Å². The van der Waals surface area contributed by atoms with Gasteiger partial charge in [-0.15, -0.1) is 0 Å². The number of carbonyl (C=O) groups is 2. The quantitative estimate of drug-likeness (QED) is 0.751. The van der Waals surface area contributed by atoms with Crippen molar-refractivity contribution >= 4 is 33.6 Å². The predicted molar refractivity (Wildman–Crippen MR) is 110 cm³/mol. The molecule has 1 aliphatic rings. The lowest BCUT2D eigenvalue weighted by Gasteiger charge is -2.29. The second-order valence-electron chi connectivity index (χ2n) is 7.97. The van der Waals surface area contributed by atoms with Crippen molar-refractivity contribution in [2.24, 2.45) is 7.05 Å². The number of fused-ring (bicyclic) bond motifs is 1. The highest BCUT2D eigenvalue weighted by atomic mass is 79.9. The molecule has 2 amide bonds. The fourth-order valence-electron chi connectivity index (χ4n) is 3.18. The van der Waals surface area contributed by atoms with Gasteiger partial charge in [-0.2, -0.15) is 5.10 Å².